The summed E-state index contributed by atoms with van der Waals surface area (Å²) in [6.45, 7) is 4.80. The first-order valence-corrected chi connectivity index (χ1v) is 15.7. The number of rotatable bonds is 6. The smallest absolute Gasteiger partial charge is 0.410 e. The molecule has 1 saturated heterocycles. The van der Waals surface area contributed by atoms with E-state index in [0.717, 1.165) is 30.6 Å². The molecular weight excluding hydrogens is 570 g/mol. The second-order valence-corrected chi connectivity index (χ2v) is 13.2. The van der Waals surface area contributed by atoms with Gasteiger partial charge in [0.05, 0.1) is 23.6 Å². The van der Waals surface area contributed by atoms with Crippen LogP contribution in [0.4, 0.5) is 14.6 Å². The van der Waals surface area contributed by atoms with Gasteiger partial charge in [0.25, 0.3) is 11.8 Å². The van der Waals surface area contributed by atoms with Crippen LogP contribution in [-0.2, 0) is 27.7 Å². The van der Waals surface area contributed by atoms with Gasteiger partial charge in [-0.1, -0.05) is 6.42 Å². The Balaban J connectivity index is 1.59. The molecule has 1 aromatic heterocycles. The molecule has 2 aromatic rings. The molecule has 0 saturated carbocycles. The standard InChI is InChI=1S/C27H35N5O7S2/c1-5-39-27(36)31-15-13-20-21(16-31)40-25(22(20)24(34)29-26(35)30(3)4)28-23(33)18-9-11-19(12-10-18)41(37,38)32-14-7-6-8-17(32)2/h9-12,17H,5-8,13-16H2,1-4H3,(H,28,33)(H,29,34,35). The number of hydrogen-bond donors (Lipinski definition) is 2. The third kappa shape index (κ3) is 6.54. The van der Waals surface area contributed by atoms with E-state index in [-0.39, 0.29) is 40.2 Å². The lowest BCUT2D eigenvalue weighted by Gasteiger charge is -2.32. The highest BCUT2D eigenvalue weighted by molar-refractivity contribution is 7.89. The Morgan fingerprint density at radius 1 is 1.07 bits per heavy atom. The number of benzene rings is 1. The number of anilines is 1. The summed E-state index contributed by atoms with van der Waals surface area (Å²) in [7, 11) is -0.693. The zero-order chi connectivity index (χ0) is 29.9. The SMILES string of the molecule is CCOC(=O)N1CCc2c(sc(NC(=O)c3ccc(S(=O)(=O)N4CCCCC4C)cc3)c2C(=O)NC(=O)N(C)C)C1. The summed E-state index contributed by atoms with van der Waals surface area (Å²) >= 11 is 1.14. The van der Waals surface area contributed by atoms with E-state index in [0.29, 0.717) is 30.0 Å². The number of hydrogen-bond acceptors (Lipinski definition) is 8. The predicted molar refractivity (Wildman–Crippen MR) is 154 cm³/mol. The van der Waals surface area contributed by atoms with Crippen LogP contribution in [0.1, 0.15) is 64.3 Å². The minimum Gasteiger partial charge on any atom is -0.450 e. The molecule has 41 heavy (non-hydrogen) atoms. The quantitative estimate of drug-likeness (QED) is 0.513. The molecule has 1 fully saturated rings. The number of carbonyl (C=O) groups is 4. The van der Waals surface area contributed by atoms with Gasteiger partial charge in [0.2, 0.25) is 10.0 Å². The lowest BCUT2D eigenvalue weighted by Crippen LogP contribution is -2.41. The summed E-state index contributed by atoms with van der Waals surface area (Å²) in [5, 5.41) is 5.32. The van der Waals surface area contributed by atoms with Gasteiger partial charge in [-0.25, -0.2) is 18.0 Å². The van der Waals surface area contributed by atoms with E-state index in [1.165, 1.54) is 52.5 Å². The number of nitrogens with zero attached hydrogens (tertiary/aromatic N) is 3. The van der Waals surface area contributed by atoms with Crippen LogP contribution in [0.3, 0.4) is 0 Å². The van der Waals surface area contributed by atoms with Crippen molar-refractivity contribution in [3.8, 4) is 0 Å². The molecule has 2 aliphatic heterocycles. The summed E-state index contributed by atoms with van der Waals surface area (Å²) < 4.78 is 32.9. The molecule has 1 atom stereocenters. The van der Waals surface area contributed by atoms with Crippen molar-refractivity contribution in [3.05, 3.63) is 45.8 Å². The fourth-order valence-electron chi connectivity index (χ4n) is 4.89. The molecule has 2 aliphatic rings. The largest absolute Gasteiger partial charge is 0.450 e. The van der Waals surface area contributed by atoms with Gasteiger partial charge in [-0.2, -0.15) is 4.31 Å². The molecule has 0 aliphatic carbocycles. The van der Waals surface area contributed by atoms with Crippen LogP contribution in [0, 0.1) is 0 Å². The number of thiophene rings is 1. The Labute approximate surface area is 243 Å². The molecule has 3 heterocycles. The van der Waals surface area contributed by atoms with Crippen molar-refractivity contribution in [3.63, 3.8) is 0 Å². The first kappa shape index (κ1) is 30.5. The Bertz CT molecular complexity index is 1440. The van der Waals surface area contributed by atoms with Gasteiger partial charge >= 0.3 is 12.1 Å². The van der Waals surface area contributed by atoms with Gasteiger partial charge in [-0.3, -0.25) is 14.9 Å². The summed E-state index contributed by atoms with van der Waals surface area (Å²) in [6, 6.07) is 4.97. The maximum absolute atomic E-state index is 13.2. The molecule has 1 aromatic carbocycles. The number of imide groups is 1. The first-order chi connectivity index (χ1) is 19.4. The van der Waals surface area contributed by atoms with E-state index in [4.69, 9.17) is 4.74 Å². The van der Waals surface area contributed by atoms with E-state index in [1.807, 2.05) is 6.92 Å². The molecule has 4 rings (SSSR count). The first-order valence-electron chi connectivity index (χ1n) is 13.5. The molecule has 12 nitrogen and oxygen atoms in total. The second-order valence-electron chi connectivity index (χ2n) is 10.2. The van der Waals surface area contributed by atoms with Gasteiger partial charge in [0.15, 0.2) is 0 Å². The second kappa shape index (κ2) is 12.6. The fourth-order valence-corrected chi connectivity index (χ4v) is 7.85. The zero-order valence-electron chi connectivity index (χ0n) is 23.6. The van der Waals surface area contributed by atoms with Crippen LogP contribution in [0.25, 0.3) is 0 Å². The Morgan fingerprint density at radius 3 is 2.41 bits per heavy atom. The van der Waals surface area contributed by atoms with E-state index >= 15 is 0 Å². The number of amides is 5. The van der Waals surface area contributed by atoms with Crippen molar-refractivity contribution in [2.75, 3.05) is 39.1 Å². The summed E-state index contributed by atoms with van der Waals surface area (Å²) in [5.41, 5.74) is 1.01. The number of piperidine rings is 1. The molecule has 2 N–H and O–H groups in total. The molecule has 0 bridgehead atoms. The third-order valence-electron chi connectivity index (χ3n) is 7.13. The maximum atomic E-state index is 13.2. The van der Waals surface area contributed by atoms with E-state index in [9.17, 15) is 27.6 Å². The summed E-state index contributed by atoms with van der Waals surface area (Å²) in [6.07, 6.45) is 2.46. The number of urea groups is 1. The summed E-state index contributed by atoms with van der Waals surface area (Å²) in [4.78, 5) is 54.5. The van der Waals surface area contributed by atoms with Gasteiger partial charge < -0.3 is 19.9 Å². The van der Waals surface area contributed by atoms with E-state index in [1.54, 1.807) is 6.92 Å². The van der Waals surface area contributed by atoms with Crippen LogP contribution < -0.4 is 10.6 Å². The monoisotopic (exact) mass is 605 g/mol. The van der Waals surface area contributed by atoms with Crippen LogP contribution in [-0.4, -0.2) is 86.3 Å². The lowest BCUT2D eigenvalue weighted by molar-refractivity contribution is 0.0955. The molecule has 0 radical (unpaired) electrons. The maximum Gasteiger partial charge on any atom is 0.410 e. The van der Waals surface area contributed by atoms with Crippen LogP contribution in [0.5, 0.6) is 0 Å². The van der Waals surface area contributed by atoms with E-state index in [2.05, 4.69) is 10.6 Å². The molecule has 0 spiro atoms. The number of ether oxygens (including phenoxy) is 1. The molecule has 14 heteroatoms. The van der Waals surface area contributed by atoms with Gasteiger partial charge in [-0.05, 0) is 62.9 Å². The normalized spacial score (nSPS) is 17.4. The van der Waals surface area contributed by atoms with Crippen molar-refractivity contribution >= 4 is 50.3 Å². The van der Waals surface area contributed by atoms with Crippen molar-refractivity contribution < 1.29 is 32.3 Å². The number of nitrogens with one attached hydrogen (secondary N) is 2. The highest BCUT2D eigenvalue weighted by atomic mass is 32.2. The fraction of sp³-hybridized carbons (Fsp3) is 0.481. The van der Waals surface area contributed by atoms with Crippen LogP contribution in [0.2, 0.25) is 0 Å². The van der Waals surface area contributed by atoms with Crippen LogP contribution >= 0.6 is 11.3 Å². The summed E-state index contributed by atoms with van der Waals surface area (Å²) in [5.74, 6) is -1.22. The van der Waals surface area contributed by atoms with Crippen LogP contribution in [0.15, 0.2) is 29.2 Å². The minimum atomic E-state index is -3.70. The average Bonchev–Trinajstić information content (AvgIpc) is 3.30. The highest BCUT2D eigenvalue weighted by Crippen LogP contribution is 2.38. The van der Waals surface area contributed by atoms with E-state index < -0.39 is 34.0 Å². The predicted octanol–water partition coefficient (Wildman–Crippen LogP) is 3.49. The van der Waals surface area contributed by atoms with Crippen molar-refractivity contribution in [2.45, 2.75) is 57.0 Å². The number of sulfonamides is 1. The van der Waals surface area contributed by atoms with Gasteiger partial charge in [-0.15, -0.1) is 11.3 Å². The Morgan fingerprint density at radius 2 is 1.78 bits per heavy atom. The molecular formula is C27H35N5O7S2. The number of carbonyl (C=O) groups excluding carboxylic acids is 4. The highest BCUT2D eigenvalue weighted by Gasteiger charge is 2.33. The third-order valence-corrected chi connectivity index (χ3v) is 10.3. The van der Waals surface area contributed by atoms with Gasteiger partial charge in [0.1, 0.15) is 5.00 Å². The Hall–Kier alpha value is -3.49. The number of fused-ring (bicyclic) bond motifs is 1. The van der Waals surface area contributed by atoms with Crippen molar-refractivity contribution in [1.29, 1.82) is 0 Å². The lowest BCUT2D eigenvalue weighted by atomic mass is 10.0. The molecule has 5 amide bonds. The minimum absolute atomic E-state index is 0.0923. The Kier molecular flexibility index (Phi) is 9.34. The topological polar surface area (TPSA) is 145 Å². The molecule has 1 unspecified atom stereocenters. The van der Waals surface area contributed by atoms with Crippen molar-refractivity contribution in [2.24, 2.45) is 0 Å². The van der Waals surface area contributed by atoms with Gasteiger partial charge in [0, 0.05) is 43.7 Å². The zero-order valence-corrected chi connectivity index (χ0v) is 25.2. The van der Waals surface area contributed by atoms with Crippen molar-refractivity contribution in [1.82, 2.24) is 19.4 Å². The molecule has 222 valence electrons. The average molecular weight is 606 g/mol.